The van der Waals surface area contributed by atoms with Gasteiger partial charge in [-0.2, -0.15) is 8.42 Å². The van der Waals surface area contributed by atoms with Crippen LogP contribution in [-0.2, 0) is 14.6 Å². The molecule has 0 fully saturated rings. The fourth-order valence-electron chi connectivity index (χ4n) is 2.33. The van der Waals surface area contributed by atoms with Gasteiger partial charge in [-0.15, -0.1) is 0 Å². The zero-order valence-corrected chi connectivity index (χ0v) is 14.3. The Kier molecular flexibility index (Phi) is 10.5. The van der Waals surface area contributed by atoms with Gasteiger partial charge in [0.25, 0.3) is 0 Å². The summed E-state index contributed by atoms with van der Waals surface area (Å²) in [5, 5.41) is 0. The topological polar surface area (TPSA) is 63.6 Å². The zero-order chi connectivity index (χ0) is 15.6. The molecule has 20 heavy (non-hydrogen) atoms. The van der Waals surface area contributed by atoms with Crippen LogP contribution < -0.4 is 0 Å². The van der Waals surface area contributed by atoms with Gasteiger partial charge in [-0.05, 0) is 24.2 Å². The van der Waals surface area contributed by atoms with Gasteiger partial charge < -0.3 is 0 Å². The van der Waals surface area contributed by atoms with Crippen molar-refractivity contribution in [1.29, 1.82) is 0 Å². The molecule has 122 valence electrons. The van der Waals surface area contributed by atoms with Crippen molar-refractivity contribution >= 4 is 10.4 Å². The van der Waals surface area contributed by atoms with Crippen molar-refractivity contribution in [3.63, 3.8) is 0 Å². The van der Waals surface area contributed by atoms with Gasteiger partial charge in [0.05, 0.1) is 6.61 Å². The molecule has 0 aliphatic carbocycles. The van der Waals surface area contributed by atoms with Crippen LogP contribution in [0.2, 0.25) is 0 Å². The highest BCUT2D eigenvalue weighted by atomic mass is 32.3. The first-order chi connectivity index (χ1) is 9.20. The SMILES string of the molecule is CC(C)CCCC(C)CCCC(C)CCOS(=O)(=O)O. The monoisotopic (exact) mass is 308 g/mol. The largest absolute Gasteiger partial charge is 0.397 e. The Bertz CT molecular complexity index is 325. The van der Waals surface area contributed by atoms with Crippen molar-refractivity contribution in [3.05, 3.63) is 0 Å². The van der Waals surface area contributed by atoms with E-state index in [2.05, 4.69) is 31.9 Å². The van der Waals surface area contributed by atoms with Crippen LogP contribution in [-0.4, -0.2) is 19.6 Å². The highest BCUT2D eigenvalue weighted by molar-refractivity contribution is 7.80. The predicted molar refractivity (Wildman–Crippen MR) is 83.0 cm³/mol. The molecule has 0 radical (unpaired) electrons. The van der Waals surface area contributed by atoms with Crippen molar-refractivity contribution < 1.29 is 17.2 Å². The summed E-state index contributed by atoms with van der Waals surface area (Å²) in [5.74, 6) is 2.00. The molecule has 2 unspecified atom stereocenters. The van der Waals surface area contributed by atoms with Crippen LogP contribution >= 0.6 is 0 Å². The lowest BCUT2D eigenvalue weighted by atomic mass is 9.93. The molecular formula is C15H32O4S. The van der Waals surface area contributed by atoms with E-state index in [1.807, 2.05) is 0 Å². The lowest BCUT2D eigenvalue weighted by Gasteiger charge is -2.14. The Balaban J connectivity index is 3.53. The maximum absolute atomic E-state index is 10.4. The molecule has 0 aliphatic rings. The van der Waals surface area contributed by atoms with Crippen LogP contribution in [0.1, 0.15) is 72.6 Å². The number of hydrogen-bond acceptors (Lipinski definition) is 3. The molecule has 0 saturated carbocycles. The van der Waals surface area contributed by atoms with Crippen molar-refractivity contribution in [2.75, 3.05) is 6.61 Å². The molecule has 0 aromatic heterocycles. The molecule has 0 bridgehead atoms. The number of hydrogen-bond donors (Lipinski definition) is 1. The Morgan fingerprint density at radius 3 is 1.75 bits per heavy atom. The summed E-state index contributed by atoms with van der Waals surface area (Å²) < 4.78 is 33.6. The summed E-state index contributed by atoms with van der Waals surface area (Å²) in [5.41, 5.74) is 0. The lowest BCUT2D eigenvalue weighted by Crippen LogP contribution is -2.08. The van der Waals surface area contributed by atoms with E-state index in [0.717, 1.165) is 18.3 Å². The molecule has 5 heteroatoms. The van der Waals surface area contributed by atoms with E-state index >= 15 is 0 Å². The number of rotatable bonds is 12. The van der Waals surface area contributed by atoms with Gasteiger partial charge in [0.2, 0.25) is 0 Å². The van der Waals surface area contributed by atoms with Gasteiger partial charge in [0.1, 0.15) is 0 Å². The molecule has 0 aromatic carbocycles. The smallest absolute Gasteiger partial charge is 0.264 e. The minimum atomic E-state index is -4.27. The van der Waals surface area contributed by atoms with E-state index in [9.17, 15) is 8.42 Å². The maximum atomic E-state index is 10.4. The lowest BCUT2D eigenvalue weighted by molar-refractivity contribution is 0.244. The van der Waals surface area contributed by atoms with Crippen LogP contribution in [0.4, 0.5) is 0 Å². The molecule has 0 amide bonds. The Hall–Kier alpha value is -0.130. The van der Waals surface area contributed by atoms with Gasteiger partial charge in [-0.1, -0.05) is 66.2 Å². The molecule has 4 nitrogen and oxygen atoms in total. The predicted octanol–water partition coefficient (Wildman–Crippen LogP) is 4.46. The molecule has 0 aromatic rings. The normalized spacial score (nSPS) is 15.5. The van der Waals surface area contributed by atoms with Crippen LogP contribution in [0, 0.1) is 17.8 Å². The molecule has 0 spiro atoms. The van der Waals surface area contributed by atoms with E-state index in [1.165, 1.54) is 32.1 Å². The van der Waals surface area contributed by atoms with E-state index in [4.69, 9.17) is 4.55 Å². The maximum Gasteiger partial charge on any atom is 0.397 e. The first kappa shape index (κ1) is 19.9. The first-order valence-electron chi connectivity index (χ1n) is 7.82. The molecule has 0 saturated heterocycles. The molecule has 2 atom stereocenters. The Morgan fingerprint density at radius 1 is 0.850 bits per heavy atom. The van der Waals surface area contributed by atoms with Gasteiger partial charge in [-0.25, -0.2) is 4.18 Å². The highest BCUT2D eigenvalue weighted by Gasteiger charge is 2.09. The van der Waals surface area contributed by atoms with E-state index in [-0.39, 0.29) is 6.61 Å². The minimum Gasteiger partial charge on any atom is -0.264 e. The summed E-state index contributed by atoms with van der Waals surface area (Å²) in [4.78, 5) is 0. The molecule has 0 aliphatic heterocycles. The van der Waals surface area contributed by atoms with Crippen LogP contribution in [0.5, 0.6) is 0 Å². The van der Waals surface area contributed by atoms with Gasteiger partial charge in [0, 0.05) is 0 Å². The van der Waals surface area contributed by atoms with E-state index < -0.39 is 10.4 Å². The first-order valence-corrected chi connectivity index (χ1v) is 9.19. The van der Waals surface area contributed by atoms with E-state index in [0.29, 0.717) is 12.3 Å². The zero-order valence-electron chi connectivity index (χ0n) is 13.5. The fraction of sp³-hybridized carbons (Fsp3) is 1.00. The van der Waals surface area contributed by atoms with Gasteiger partial charge in [0.15, 0.2) is 0 Å². The second-order valence-electron chi connectivity index (χ2n) is 6.50. The van der Waals surface area contributed by atoms with E-state index in [1.54, 1.807) is 0 Å². The summed E-state index contributed by atoms with van der Waals surface area (Å²) in [6, 6.07) is 0. The molecule has 0 rings (SSSR count). The van der Waals surface area contributed by atoms with Gasteiger partial charge >= 0.3 is 10.4 Å². The molecule has 1 N–H and O–H groups in total. The summed E-state index contributed by atoms with van der Waals surface area (Å²) in [6.07, 6.45) is 8.10. The van der Waals surface area contributed by atoms with Crippen molar-refractivity contribution in [2.45, 2.75) is 72.6 Å². The van der Waals surface area contributed by atoms with Crippen LogP contribution in [0.15, 0.2) is 0 Å². The average Bonchev–Trinajstić information content (AvgIpc) is 2.26. The standard InChI is InChI=1S/C15H32O4S/c1-13(2)7-5-8-14(3)9-6-10-15(4)11-12-19-20(16,17)18/h13-15H,5-12H2,1-4H3,(H,16,17,18). The Labute approximate surface area is 125 Å². The molecular weight excluding hydrogens is 276 g/mol. The molecule has 0 heterocycles. The minimum absolute atomic E-state index is 0.0734. The third-order valence-electron chi connectivity index (χ3n) is 3.72. The van der Waals surface area contributed by atoms with Crippen molar-refractivity contribution in [3.8, 4) is 0 Å². The van der Waals surface area contributed by atoms with Gasteiger partial charge in [-0.3, -0.25) is 4.55 Å². The summed E-state index contributed by atoms with van der Waals surface area (Å²) in [6.45, 7) is 9.01. The summed E-state index contributed by atoms with van der Waals surface area (Å²) in [7, 11) is -4.27. The van der Waals surface area contributed by atoms with Crippen molar-refractivity contribution in [2.24, 2.45) is 17.8 Å². The average molecular weight is 308 g/mol. The fourth-order valence-corrected chi connectivity index (χ4v) is 2.64. The second kappa shape index (κ2) is 10.6. The third-order valence-corrected chi connectivity index (χ3v) is 4.18. The summed E-state index contributed by atoms with van der Waals surface area (Å²) >= 11 is 0. The highest BCUT2D eigenvalue weighted by Crippen LogP contribution is 2.20. The third kappa shape index (κ3) is 14.3. The van der Waals surface area contributed by atoms with Crippen LogP contribution in [0.25, 0.3) is 0 Å². The quantitative estimate of drug-likeness (QED) is 0.540. The second-order valence-corrected chi connectivity index (χ2v) is 7.60. The van der Waals surface area contributed by atoms with Crippen LogP contribution in [0.3, 0.4) is 0 Å². The van der Waals surface area contributed by atoms with Crippen molar-refractivity contribution in [1.82, 2.24) is 0 Å². The Morgan fingerprint density at radius 2 is 1.30 bits per heavy atom.